The van der Waals surface area contributed by atoms with Crippen molar-refractivity contribution in [3.8, 4) is 0 Å². The van der Waals surface area contributed by atoms with Crippen molar-refractivity contribution in [3.05, 3.63) is 0 Å². The molecule has 0 heterocycles. The molecule has 0 aliphatic heterocycles. The van der Waals surface area contributed by atoms with Gasteiger partial charge in [0.2, 0.25) is 5.91 Å². The lowest BCUT2D eigenvalue weighted by Gasteiger charge is -2.23. The van der Waals surface area contributed by atoms with Crippen molar-refractivity contribution < 1.29 is 9.59 Å². The first kappa shape index (κ1) is 23.3. The zero-order valence-corrected chi connectivity index (χ0v) is 16.7. The first-order chi connectivity index (χ1) is 11.6. The third-order valence-corrected chi connectivity index (χ3v) is 4.42. The van der Waals surface area contributed by atoms with Crippen LogP contribution in [0.3, 0.4) is 0 Å². The first-order valence-corrected chi connectivity index (χ1v) is 10.3. The van der Waals surface area contributed by atoms with E-state index in [4.69, 9.17) is 0 Å². The Balaban J connectivity index is 4.07. The molecule has 0 radical (unpaired) electrons. The van der Waals surface area contributed by atoms with Gasteiger partial charge in [0.15, 0.2) is 0 Å². The van der Waals surface area contributed by atoms with Gasteiger partial charge in [0.05, 0.1) is 0 Å². The van der Waals surface area contributed by atoms with E-state index < -0.39 is 0 Å². The molecule has 0 rings (SSSR count). The molecule has 0 bridgehead atoms. The maximum atomic E-state index is 12.4. The Labute approximate surface area is 154 Å². The number of carbonyl (C=O) groups is 2. The SMILES string of the molecule is CCCCCCCN(CCCCCCC)C(=O)CCCNC(=O)S. The lowest BCUT2D eigenvalue weighted by atomic mass is 10.1. The highest BCUT2D eigenvalue weighted by atomic mass is 32.1. The predicted molar refractivity (Wildman–Crippen MR) is 106 cm³/mol. The number of nitrogens with one attached hydrogen (secondary N) is 1. The summed E-state index contributed by atoms with van der Waals surface area (Å²) in [5, 5.41) is 2.30. The molecule has 1 N–H and O–H groups in total. The molecule has 142 valence electrons. The van der Waals surface area contributed by atoms with Gasteiger partial charge in [-0.3, -0.25) is 9.59 Å². The van der Waals surface area contributed by atoms with Gasteiger partial charge < -0.3 is 10.2 Å². The van der Waals surface area contributed by atoms with Crippen molar-refractivity contribution in [2.24, 2.45) is 0 Å². The third kappa shape index (κ3) is 14.9. The summed E-state index contributed by atoms with van der Waals surface area (Å²) in [6.45, 7) is 6.73. The van der Waals surface area contributed by atoms with E-state index in [0.29, 0.717) is 19.4 Å². The summed E-state index contributed by atoms with van der Waals surface area (Å²) < 4.78 is 0. The van der Waals surface area contributed by atoms with Crippen LogP contribution < -0.4 is 5.32 Å². The topological polar surface area (TPSA) is 49.4 Å². The lowest BCUT2D eigenvalue weighted by molar-refractivity contribution is -0.131. The molecule has 0 aliphatic carbocycles. The molecule has 0 aromatic heterocycles. The van der Waals surface area contributed by atoms with E-state index in [1.165, 1.54) is 51.4 Å². The van der Waals surface area contributed by atoms with Crippen molar-refractivity contribution >= 4 is 23.8 Å². The highest BCUT2D eigenvalue weighted by molar-refractivity contribution is 7.96. The van der Waals surface area contributed by atoms with Crippen LogP contribution in [-0.2, 0) is 4.79 Å². The standard InChI is InChI=1S/C19H38N2O2S/c1-3-5-7-9-11-16-21(17-12-10-8-6-4-2)18(22)14-13-15-20-19(23)24/h3-17H2,1-2H3,(H2,20,23,24). The van der Waals surface area contributed by atoms with Crippen molar-refractivity contribution in [1.82, 2.24) is 10.2 Å². The van der Waals surface area contributed by atoms with Crippen LogP contribution in [0.5, 0.6) is 0 Å². The van der Waals surface area contributed by atoms with Gasteiger partial charge in [0.25, 0.3) is 5.24 Å². The van der Waals surface area contributed by atoms with E-state index in [-0.39, 0.29) is 11.1 Å². The monoisotopic (exact) mass is 358 g/mol. The molecule has 0 unspecified atom stereocenters. The van der Waals surface area contributed by atoms with Crippen molar-refractivity contribution in [2.45, 2.75) is 90.9 Å². The van der Waals surface area contributed by atoms with E-state index >= 15 is 0 Å². The molecule has 0 saturated carbocycles. The van der Waals surface area contributed by atoms with Crippen molar-refractivity contribution in [1.29, 1.82) is 0 Å². The number of thiol groups is 1. The van der Waals surface area contributed by atoms with Crippen molar-refractivity contribution in [3.63, 3.8) is 0 Å². The van der Waals surface area contributed by atoms with Gasteiger partial charge >= 0.3 is 0 Å². The van der Waals surface area contributed by atoms with Gasteiger partial charge in [-0.15, -0.1) is 0 Å². The minimum atomic E-state index is -0.328. The minimum Gasteiger partial charge on any atom is -0.347 e. The van der Waals surface area contributed by atoms with Crippen LogP contribution in [-0.4, -0.2) is 35.7 Å². The summed E-state index contributed by atoms with van der Waals surface area (Å²) in [6, 6.07) is 0. The molecular weight excluding hydrogens is 320 g/mol. The van der Waals surface area contributed by atoms with Gasteiger partial charge in [-0.2, -0.15) is 0 Å². The average Bonchev–Trinajstić information content (AvgIpc) is 2.56. The van der Waals surface area contributed by atoms with Crippen molar-refractivity contribution in [2.75, 3.05) is 19.6 Å². The Morgan fingerprint density at radius 3 is 1.75 bits per heavy atom. The second kappa shape index (κ2) is 17.1. The highest BCUT2D eigenvalue weighted by Gasteiger charge is 2.12. The van der Waals surface area contributed by atoms with Gasteiger partial charge in [-0.25, -0.2) is 0 Å². The largest absolute Gasteiger partial charge is 0.347 e. The molecule has 0 spiro atoms. The van der Waals surface area contributed by atoms with E-state index in [9.17, 15) is 9.59 Å². The van der Waals surface area contributed by atoms with Crippen LogP contribution in [0.1, 0.15) is 90.9 Å². The summed E-state index contributed by atoms with van der Waals surface area (Å²) >= 11 is 3.67. The van der Waals surface area contributed by atoms with Gasteiger partial charge in [-0.05, 0) is 19.3 Å². The van der Waals surface area contributed by atoms with Crippen LogP contribution in [0, 0.1) is 0 Å². The number of nitrogens with zero attached hydrogens (tertiary/aromatic N) is 1. The zero-order chi connectivity index (χ0) is 18.0. The Bertz CT molecular complexity index is 310. The normalized spacial score (nSPS) is 10.6. The molecule has 0 saturated heterocycles. The Hall–Kier alpha value is -0.710. The highest BCUT2D eigenvalue weighted by Crippen LogP contribution is 2.09. The van der Waals surface area contributed by atoms with Gasteiger partial charge in [0, 0.05) is 26.1 Å². The summed E-state index contributed by atoms with van der Waals surface area (Å²) in [5.41, 5.74) is 0. The Kier molecular flexibility index (Phi) is 16.6. The van der Waals surface area contributed by atoms with E-state index in [0.717, 1.165) is 25.9 Å². The molecule has 4 nitrogen and oxygen atoms in total. The van der Waals surface area contributed by atoms with Crippen LogP contribution in [0.2, 0.25) is 0 Å². The predicted octanol–water partition coefficient (Wildman–Crippen LogP) is 5.18. The zero-order valence-electron chi connectivity index (χ0n) is 15.8. The number of carbonyl (C=O) groups excluding carboxylic acids is 2. The van der Waals surface area contributed by atoms with Crippen LogP contribution in [0.25, 0.3) is 0 Å². The van der Waals surface area contributed by atoms with Crippen LogP contribution in [0.15, 0.2) is 0 Å². The fourth-order valence-corrected chi connectivity index (χ4v) is 2.88. The maximum absolute atomic E-state index is 12.4. The quantitative estimate of drug-likeness (QED) is 0.295. The first-order valence-electron chi connectivity index (χ1n) is 9.86. The Morgan fingerprint density at radius 2 is 1.29 bits per heavy atom. The fraction of sp³-hybridized carbons (Fsp3) is 0.895. The van der Waals surface area contributed by atoms with Gasteiger partial charge in [0.1, 0.15) is 0 Å². The number of unbranched alkanes of at least 4 members (excludes halogenated alkanes) is 8. The molecule has 5 heteroatoms. The molecule has 0 fully saturated rings. The third-order valence-electron chi connectivity index (χ3n) is 4.26. The van der Waals surface area contributed by atoms with Crippen LogP contribution in [0.4, 0.5) is 4.79 Å². The Morgan fingerprint density at radius 1 is 0.792 bits per heavy atom. The molecule has 0 aromatic carbocycles. The summed E-state index contributed by atoms with van der Waals surface area (Å²) in [5.74, 6) is 0.231. The molecular formula is C19H38N2O2S. The summed E-state index contributed by atoms with van der Waals surface area (Å²) in [6.07, 6.45) is 13.4. The smallest absolute Gasteiger partial charge is 0.275 e. The fourth-order valence-electron chi connectivity index (χ4n) is 2.77. The maximum Gasteiger partial charge on any atom is 0.275 e. The second-order valence-electron chi connectivity index (χ2n) is 6.54. The minimum absolute atomic E-state index is 0.231. The number of hydrogen-bond donors (Lipinski definition) is 2. The molecule has 0 aliphatic rings. The summed E-state index contributed by atoms with van der Waals surface area (Å²) in [4.78, 5) is 25.2. The lowest BCUT2D eigenvalue weighted by Crippen LogP contribution is -2.33. The number of amides is 2. The molecule has 0 aromatic rings. The van der Waals surface area contributed by atoms with Gasteiger partial charge in [-0.1, -0.05) is 77.8 Å². The summed E-state index contributed by atoms with van der Waals surface area (Å²) in [7, 11) is 0. The molecule has 0 atom stereocenters. The van der Waals surface area contributed by atoms with E-state index in [2.05, 4.69) is 31.8 Å². The molecule has 24 heavy (non-hydrogen) atoms. The van der Waals surface area contributed by atoms with E-state index in [1.807, 2.05) is 4.90 Å². The number of hydrogen-bond acceptors (Lipinski definition) is 2. The second-order valence-corrected chi connectivity index (χ2v) is 6.95. The molecule has 2 amide bonds. The van der Waals surface area contributed by atoms with E-state index in [1.54, 1.807) is 0 Å². The van der Waals surface area contributed by atoms with Crippen LogP contribution >= 0.6 is 12.6 Å². The average molecular weight is 359 g/mol. The number of rotatable bonds is 16.